The minimum atomic E-state index is -0.507. The third-order valence-corrected chi connectivity index (χ3v) is 1.51. The summed E-state index contributed by atoms with van der Waals surface area (Å²) in [5, 5.41) is 0. The van der Waals surface area contributed by atoms with Crippen LogP contribution in [0.4, 0.5) is 4.39 Å². The highest BCUT2D eigenvalue weighted by Crippen LogP contribution is 2.15. The lowest BCUT2D eigenvalue weighted by molar-refractivity contribution is 0.586. The van der Waals surface area contributed by atoms with E-state index in [0.29, 0.717) is 11.4 Å². The topological polar surface area (TPSA) is 41.6 Å². The zero-order chi connectivity index (χ0) is 8.39. The highest BCUT2D eigenvalue weighted by molar-refractivity contribution is 5.53. The second-order valence-corrected chi connectivity index (χ2v) is 2.28. The Balaban J connectivity index is 2.55. The first-order valence-corrected chi connectivity index (χ1v) is 3.48. The summed E-state index contributed by atoms with van der Waals surface area (Å²) in [5.74, 6) is -0.00644. The SMILES string of the molecule is Fc1ncccc1-c1ncc[nH]1. The van der Waals surface area contributed by atoms with Crippen molar-refractivity contribution in [1.29, 1.82) is 0 Å². The van der Waals surface area contributed by atoms with Crippen LogP contribution in [0.3, 0.4) is 0 Å². The van der Waals surface area contributed by atoms with Crippen LogP contribution in [0.2, 0.25) is 0 Å². The molecular weight excluding hydrogens is 157 g/mol. The monoisotopic (exact) mass is 163 g/mol. The summed E-state index contributed by atoms with van der Waals surface area (Å²) in [6, 6.07) is 3.29. The first kappa shape index (κ1) is 6.97. The first-order chi connectivity index (χ1) is 5.88. The molecule has 2 heterocycles. The summed E-state index contributed by atoms with van der Waals surface area (Å²) in [6.45, 7) is 0. The van der Waals surface area contributed by atoms with Gasteiger partial charge in [0.05, 0.1) is 5.56 Å². The van der Waals surface area contributed by atoms with Crippen molar-refractivity contribution in [2.45, 2.75) is 0 Å². The number of nitrogens with zero attached hydrogens (tertiary/aromatic N) is 2. The summed E-state index contributed by atoms with van der Waals surface area (Å²) in [6.07, 6.45) is 4.62. The Labute approximate surface area is 68.3 Å². The number of halogens is 1. The average Bonchev–Trinajstić information content (AvgIpc) is 2.57. The van der Waals surface area contributed by atoms with E-state index in [1.165, 1.54) is 6.20 Å². The zero-order valence-corrected chi connectivity index (χ0v) is 6.16. The second-order valence-electron chi connectivity index (χ2n) is 2.28. The fourth-order valence-electron chi connectivity index (χ4n) is 0.975. The van der Waals surface area contributed by atoms with E-state index in [1.807, 2.05) is 0 Å². The Bertz CT molecular complexity index is 370. The predicted octanol–water partition coefficient (Wildman–Crippen LogP) is 1.61. The van der Waals surface area contributed by atoms with Crippen LogP contribution in [0.1, 0.15) is 0 Å². The number of pyridine rings is 1. The van der Waals surface area contributed by atoms with Gasteiger partial charge in [-0.3, -0.25) is 0 Å². The van der Waals surface area contributed by atoms with Crippen LogP contribution in [0.15, 0.2) is 30.7 Å². The van der Waals surface area contributed by atoms with Crippen LogP contribution in [0.25, 0.3) is 11.4 Å². The van der Waals surface area contributed by atoms with E-state index in [9.17, 15) is 4.39 Å². The molecule has 0 fully saturated rings. The molecule has 0 unspecified atom stereocenters. The third kappa shape index (κ3) is 1.07. The van der Waals surface area contributed by atoms with Gasteiger partial charge in [0.15, 0.2) is 0 Å². The number of hydrogen-bond acceptors (Lipinski definition) is 2. The number of aromatic nitrogens is 3. The van der Waals surface area contributed by atoms with E-state index in [-0.39, 0.29) is 0 Å². The molecule has 1 N–H and O–H groups in total. The molecule has 0 aliphatic rings. The molecule has 60 valence electrons. The van der Waals surface area contributed by atoms with Gasteiger partial charge in [-0.25, -0.2) is 9.97 Å². The van der Waals surface area contributed by atoms with Crippen molar-refractivity contribution >= 4 is 0 Å². The molecule has 3 nitrogen and oxygen atoms in total. The molecule has 0 bridgehead atoms. The van der Waals surface area contributed by atoms with Crippen LogP contribution in [-0.4, -0.2) is 15.0 Å². The van der Waals surface area contributed by atoms with Crippen molar-refractivity contribution in [1.82, 2.24) is 15.0 Å². The van der Waals surface area contributed by atoms with E-state index < -0.39 is 5.95 Å². The van der Waals surface area contributed by atoms with Crippen molar-refractivity contribution < 1.29 is 4.39 Å². The van der Waals surface area contributed by atoms with Crippen LogP contribution in [-0.2, 0) is 0 Å². The molecule has 4 heteroatoms. The van der Waals surface area contributed by atoms with Crippen LogP contribution >= 0.6 is 0 Å². The molecule has 0 saturated carbocycles. The van der Waals surface area contributed by atoms with Crippen molar-refractivity contribution in [2.75, 3.05) is 0 Å². The summed E-state index contributed by atoms with van der Waals surface area (Å²) >= 11 is 0. The van der Waals surface area contributed by atoms with E-state index in [0.717, 1.165) is 0 Å². The molecule has 0 aromatic carbocycles. The number of nitrogens with one attached hydrogen (secondary N) is 1. The lowest BCUT2D eigenvalue weighted by Gasteiger charge is -1.95. The van der Waals surface area contributed by atoms with E-state index >= 15 is 0 Å². The zero-order valence-electron chi connectivity index (χ0n) is 6.16. The van der Waals surface area contributed by atoms with Crippen LogP contribution in [0, 0.1) is 5.95 Å². The van der Waals surface area contributed by atoms with E-state index in [4.69, 9.17) is 0 Å². The molecule has 12 heavy (non-hydrogen) atoms. The van der Waals surface area contributed by atoms with Crippen LogP contribution < -0.4 is 0 Å². The van der Waals surface area contributed by atoms with Gasteiger partial charge in [0.1, 0.15) is 5.82 Å². The van der Waals surface area contributed by atoms with Crippen molar-refractivity contribution in [3.63, 3.8) is 0 Å². The van der Waals surface area contributed by atoms with Gasteiger partial charge in [-0.05, 0) is 12.1 Å². The lowest BCUT2D eigenvalue weighted by Crippen LogP contribution is -1.88. The maximum atomic E-state index is 13.0. The molecule has 2 aromatic heterocycles. The molecule has 2 rings (SSSR count). The summed E-state index contributed by atoms with van der Waals surface area (Å²) < 4.78 is 13.0. The summed E-state index contributed by atoms with van der Waals surface area (Å²) in [4.78, 5) is 10.2. The molecule has 0 aliphatic carbocycles. The van der Waals surface area contributed by atoms with E-state index in [1.54, 1.807) is 24.5 Å². The number of H-pyrrole nitrogens is 1. The lowest BCUT2D eigenvalue weighted by atomic mass is 10.3. The van der Waals surface area contributed by atoms with Gasteiger partial charge in [0.2, 0.25) is 5.95 Å². The largest absolute Gasteiger partial charge is 0.344 e. The molecular formula is C8H6FN3. The van der Waals surface area contributed by atoms with Gasteiger partial charge in [-0.1, -0.05) is 0 Å². The summed E-state index contributed by atoms with van der Waals surface area (Å²) in [5.41, 5.74) is 0.391. The molecule has 0 atom stereocenters. The minimum absolute atomic E-state index is 0.391. The van der Waals surface area contributed by atoms with Crippen molar-refractivity contribution in [2.24, 2.45) is 0 Å². The number of imidazole rings is 1. The molecule has 2 aromatic rings. The molecule has 0 spiro atoms. The minimum Gasteiger partial charge on any atom is -0.344 e. The second kappa shape index (κ2) is 2.73. The van der Waals surface area contributed by atoms with Gasteiger partial charge in [0, 0.05) is 18.6 Å². The Morgan fingerprint density at radius 2 is 2.17 bits per heavy atom. The van der Waals surface area contributed by atoms with Gasteiger partial charge >= 0.3 is 0 Å². The van der Waals surface area contributed by atoms with E-state index in [2.05, 4.69) is 15.0 Å². The molecule has 0 saturated heterocycles. The van der Waals surface area contributed by atoms with Gasteiger partial charge < -0.3 is 4.98 Å². The third-order valence-electron chi connectivity index (χ3n) is 1.51. The normalized spacial score (nSPS) is 10.1. The number of hydrogen-bond donors (Lipinski definition) is 1. The quantitative estimate of drug-likeness (QED) is 0.649. The number of aromatic amines is 1. The maximum absolute atomic E-state index is 13.0. The fourth-order valence-corrected chi connectivity index (χ4v) is 0.975. The molecule has 0 aliphatic heterocycles. The van der Waals surface area contributed by atoms with Gasteiger partial charge in [-0.2, -0.15) is 4.39 Å². The van der Waals surface area contributed by atoms with Gasteiger partial charge in [-0.15, -0.1) is 0 Å². The maximum Gasteiger partial charge on any atom is 0.223 e. The summed E-state index contributed by atoms with van der Waals surface area (Å²) in [7, 11) is 0. The fraction of sp³-hybridized carbons (Fsp3) is 0. The van der Waals surface area contributed by atoms with Crippen molar-refractivity contribution in [3.8, 4) is 11.4 Å². The average molecular weight is 163 g/mol. The van der Waals surface area contributed by atoms with Gasteiger partial charge in [0.25, 0.3) is 0 Å². The smallest absolute Gasteiger partial charge is 0.223 e. The molecule has 0 amide bonds. The van der Waals surface area contributed by atoms with Crippen LogP contribution in [0.5, 0.6) is 0 Å². The number of rotatable bonds is 1. The highest BCUT2D eigenvalue weighted by atomic mass is 19.1. The Hall–Kier alpha value is -1.71. The predicted molar refractivity (Wildman–Crippen MR) is 41.8 cm³/mol. The Kier molecular flexibility index (Phi) is 1.59. The first-order valence-electron chi connectivity index (χ1n) is 3.48. The highest BCUT2D eigenvalue weighted by Gasteiger charge is 2.05. The Morgan fingerprint density at radius 1 is 1.25 bits per heavy atom. The standard InChI is InChI=1S/C8H6FN3/c9-7-6(2-1-3-10-7)8-11-4-5-12-8/h1-5H,(H,11,12). The Morgan fingerprint density at radius 3 is 2.83 bits per heavy atom. The van der Waals surface area contributed by atoms with Crippen molar-refractivity contribution in [3.05, 3.63) is 36.7 Å². The molecule has 0 radical (unpaired) electrons.